The lowest BCUT2D eigenvalue weighted by atomic mass is 10.2. The summed E-state index contributed by atoms with van der Waals surface area (Å²) in [6, 6.07) is 1.69. The molecule has 0 aliphatic heterocycles. The molecule has 1 atom stereocenters. The molecule has 17 heavy (non-hydrogen) atoms. The highest BCUT2D eigenvalue weighted by Gasteiger charge is 2.15. The number of nitrogens with two attached hydrogens (primary N) is 1. The van der Waals surface area contributed by atoms with Gasteiger partial charge in [-0.05, 0) is 19.1 Å². The van der Waals surface area contributed by atoms with Gasteiger partial charge < -0.3 is 16.2 Å². The molecule has 0 fully saturated rings. The third-order valence-electron chi connectivity index (χ3n) is 2.02. The van der Waals surface area contributed by atoms with E-state index in [1.54, 1.807) is 0 Å². The number of hydrogen-bond donors (Lipinski definition) is 3. The zero-order valence-electron chi connectivity index (χ0n) is 9.01. The van der Waals surface area contributed by atoms with Crippen molar-refractivity contribution in [3.8, 4) is 0 Å². The molecule has 1 heterocycles. The average Bonchev–Trinajstić information content (AvgIpc) is 2.28. The van der Waals surface area contributed by atoms with E-state index in [9.17, 15) is 14.4 Å². The number of carbonyl (C=O) groups excluding carboxylic acids is 2. The Morgan fingerprint density at radius 1 is 1.41 bits per heavy atom. The SMILES string of the molecule is CC(NC(=O)c1ccc(C(=O)O)cn1)C(N)=O. The molecule has 7 nitrogen and oxygen atoms in total. The van der Waals surface area contributed by atoms with E-state index >= 15 is 0 Å². The summed E-state index contributed by atoms with van der Waals surface area (Å²) in [6.45, 7) is 1.44. The van der Waals surface area contributed by atoms with Gasteiger partial charge in [-0.1, -0.05) is 0 Å². The monoisotopic (exact) mass is 237 g/mol. The van der Waals surface area contributed by atoms with Crippen molar-refractivity contribution in [1.29, 1.82) is 0 Å². The number of aromatic nitrogens is 1. The summed E-state index contributed by atoms with van der Waals surface area (Å²) in [5.74, 6) is -2.39. The number of carboxylic acid groups (broad SMARTS) is 1. The van der Waals surface area contributed by atoms with Crippen LogP contribution < -0.4 is 11.1 Å². The molecule has 0 saturated carbocycles. The Kier molecular flexibility index (Phi) is 3.76. The fraction of sp³-hybridized carbons (Fsp3) is 0.200. The Hall–Kier alpha value is -2.44. The molecule has 2 amide bonds. The Morgan fingerprint density at radius 2 is 2.06 bits per heavy atom. The third kappa shape index (κ3) is 3.26. The summed E-state index contributed by atoms with van der Waals surface area (Å²) < 4.78 is 0. The second-order valence-electron chi connectivity index (χ2n) is 3.33. The van der Waals surface area contributed by atoms with Crippen LogP contribution in [0.2, 0.25) is 0 Å². The van der Waals surface area contributed by atoms with Gasteiger partial charge in [-0.25, -0.2) is 4.79 Å². The van der Waals surface area contributed by atoms with Crippen molar-refractivity contribution < 1.29 is 19.5 Å². The number of nitrogens with zero attached hydrogens (tertiary/aromatic N) is 1. The van der Waals surface area contributed by atoms with Gasteiger partial charge in [-0.2, -0.15) is 0 Å². The van der Waals surface area contributed by atoms with Gasteiger partial charge >= 0.3 is 5.97 Å². The fourth-order valence-electron chi connectivity index (χ4n) is 0.996. The number of hydrogen-bond acceptors (Lipinski definition) is 4. The fourth-order valence-corrected chi connectivity index (χ4v) is 0.996. The van der Waals surface area contributed by atoms with E-state index in [2.05, 4.69) is 10.3 Å². The maximum atomic E-state index is 11.5. The third-order valence-corrected chi connectivity index (χ3v) is 2.02. The van der Waals surface area contributed by atoms with Crippen LogP contribution in [0, 0.1) is 0 Å². The molecule has 7 heteroatoms. The summed E-state index contributed by atoms with van der Waals surface area (Å²) in [4.78, 5) is 36.4. The highest BCUT2D eigenvalue weighted by Crippen LogP contribution is 2.00. The number of rotatable bonds is 4. The van der Waals surface area contributed by atoms with Crippen LogP contribution in [0.1, 0.15) is 27.8 Å². The van der Waals surface area contributed by atoms with Gasteiger partial charge in [0.2, 0.25) is 5.91 Å². The van der Waals surface area contributed by atoms with Crippen molar-refractivity contribution in [2.24, 2.45) is 5.73 Å². The van der Waals surface area contributed by atoms with Crippen molar-refractivity contribution in [3.05, 3.63) is 29.6 Å². The normalized spacial score (nSPS) is 11.6. The van der Waals surface area contributed by atoms with Crippen molar-refractivity contribution in [2.45, 2.75) is 13.0 Å². The van der Waals surface area contributed by atoms with Crippen LogP contribution in [-0.2, 0) is 4.79 Å². The van der Waals surface area contributed by atoms with Crippen molar-refractivity contribution in [3.63, 3.8) is 0 Å². The van der Waals surface area contributed by atoms with Crippen LogP contribution >= 0.6 is 0 Å². The first-order valence-electron chi connectivity index (χ1n) is 4.71. The van der Waals surface area contributed by atoms with Gasteiger partial charge in [0.1, 0.15) is 11.7 Å². The Labute approximate surface area is 96.6 Å². The van der Waals surface area contributed by atoms with Crippen molar-refractivity contribution >= 4 is 17.8 Å². The van der Waals surface area contributed by atoms with E-state index in [0.29, 0.717) is 0 Å². The van der Waals surface area contributed by atoms with Gasteiger partial charge in [0.05, 0.1) is 5.56 Å². The number of aromatic carboxylic acids is 1. The van der Waals surface area contributed by atoms with Crippen molar-refractivity contribution in [2.75, 3.05) is 0 Å². The first-order valence-corrected chi connectivity index (χ1v) is 4.71. The maximum absolute atomic E-state index is 11.5. The predicted octanol–water partition coefficient (Wildman–Crippen LogP) is -0.617. The molecule has 0 aromatic carbocycles. The van der Waals surface area contributed by atoms with E-state index in [4.69, 9.17) is 10.8 Å². The van der Waals surface area contributed by atoms with Gasteiger partial charge in [0.25, 0.3) is 5.91 Å². The molecule has 0 aliphatic carbocycles. The van der Waals surface area contributed by atoms with Crippen LogP contribution in [0.5, 0.6) is 0 Å². The van der Waals surface area contributed by atoms with Gasteiger partial charge in [-0.3, -0.25) is 14.6 Å². The smallest absolute Gasteiger partial charge is 0.337 e. The minimum atomic E-state index is -1.13. The predicted molar refractivity (Wildman–Crippen MR) is 57.3 cm³/mol. The lowest BCUT2D eigenvalue weighted by Crippen LogP contribution is -2.42. The summed E-state index contributed by atoms with van der Waals surface area (Å²) >= 11 is 0. The number of carbonyl (C=O) groups is 3. The Bertz CT molecular complexity index is 455. The quantitative estimate of drug-likeness (QED) is 0.644. The second kappa shape index (κ2) is 5.06. The standard InChI is InChI=1S/C10H11N3O4/c1-5(8(11)14)13-9(15)7-3-2-6(4-12-7)10(16)17/h2-5H,1H3,(H2,11,14)(H,13,15)(H,16,17). The number of primary amides is 1. The van der Waals surface area contributed by atoms with Crippen LogP contribution in [-0.4, -0.2) is 33.9 Å². The molecule has 0 radical (unpaired) electrons. The molecular formula is C10H11N3O4. The van der Waals surface area contributed by atoms with Crippen LogP contribution in [0.15, 0.2) is 18.3 Å². The summed E-state index contributed by atoms with van der Waals surface area (Å²) in [7, 11) is 0. The van der Waals surface area contributed by atoms with Gasteiger partial charge in [0, 0.05) is 6.20 Å². The second-order valence-corrected chi connectivity index (χ2v) is 3.33. The van der Waals surface area contributed by atoms with E-state index in [1.807, 2.05) is 0 Å². The number of carboxylic acids is 1. The minimum absolute atomic E-state index is 0.0168. The van der Waals surface area contributed by atoms with E-state index in [-0.39, 0.29) is 11.3 Å². The first kappa shape index (κ1) is 12.6. The summed E-state index contributed by atoms with van der Waals surface area (Å²) in [6.07, 6.45) is 1.06. The summed E-state index contributed by atoms with van der Waals surface area (Å²) in [5.41, 5.74) is 4.97. The largest absolute Gasteiger partial charge is 0.478 e. The first-order chi connectivity index (χ1) is 7.91. The van der Waals surface area contributed by atoms with Gasteiger partial charge in [0.15, 0.2) is 0 Å². The molecule has 1 aromatic heterocycles. The Balaban J connectivity index is 2.77. The van der Waals surface area contributed by atoms with Crippen LogP contribution in [0.4, 0.5) is 0 Å². The molecular weight excluding hydrogens is 226 g/mol. The highest BCUT2D eigenvalue weighted by molar-refractivity contribution is 5.96. The zero-order valence-corrected chi connectivity index (χ0v) is 9.01. The van der Waals surface area contributed by atoms with Gasteiger partial charge in [-0.15, -0.1) is 0 Å². The molecule has 1 rings (SSSR count). The summed E-state index contributed by atoms with van der Waals surface area (Å²) in [5, 5.41) is 11.0. The molecule has 0 spiro atoms. The van der Waals surface area contributed by atoms with Crippen molar-refractivity contribution in [1.82, 2.24) is 10.3 Å². The highest BCUT2D eigenvalue weighted by atomic mass is 16.4. The molecule has 1 unspecified atom stereocenters. The van der Waals surface area contributed by atoms with E-state index in [0.717, 1.165) is 6.20 Å². The molecule has 1 aromatic rings. The maximum Gasteiger partial charge on any atom is 0.337 e. The van der Waals surface area contributed by atoms with Crippen LogP contribution in [0.25, 0.3) is 0 Å². The number of nitrogens with one attached hydrogen (secondary N) is 1. The molecule has 0 aliphatic rings. The lowest BCUT2D eigenvalue weighted by Gasteiger charge is -2.09. The molecule has 0 bridgehead atoms. The Morgan fingerprint density at radius 3 is 2.47 bits per heavy atom. The topological polar surface area (TPSA) is 122 Å². The number of pyridine rings is 1. The average molecular weight is 237 g/mol. The van der Waals surface area contributed by atoms with Crippen LogP contribution in [0.3, 0.4) is 0 Å². The number of amides is 2. The molecule has 0 saturated heterocycles. The lowest BCUT2D eigenvalue weighted by molar-refractivity contribution is -0.119. The van der Waals surface area contributed by atoms with E-state index in [1.165, 1.54) is 19.1 Å². The zero-order chi connectivity index (χ0) is 13.0. The van der Waals surface area contributed by atoms with E-state index < -0.39 is 23.8 Å². The molecule has 90 valence electrons. The molecule has 4 N–H and O–H groups in total. The minimum Gasteiger partial charge on any atom is -0.478 e.